The van der Waals surface area contributed by atoms with Gasteiger partial charge < -0.3 is 9.80 Å². The number of likely N-dealkylation sites (N-methyl/N-ethyl adjacent to an activating group) is 2. The molecule has 3 saturated heterocycles. The van der Waals surface area contributed by atoms with Gasteiger partial charge in [0.15, 0.2) is 0 Å². The fourth-order valence-corrected chi connectivity index (χ4v) is 5.33. The van der Waals surface area contributed by atoms with Gasteiger partial charge in [0.2, 0.25) is 5.91 Å². The van der Waals surface area contributed by atoms with Crippen molar-refractivity contribution in [2.24, 2.45) is 5.92 Å². The largest absolute Gasteiger partial charge is 0.339 e. The minimum absolute atomic E-state index is 0.104. The zero-order valence-corrected chi connectivity index (χ0v) is 15.5. The lowest BCUT2D eigenvalue weighted by Crippen LogP contribution is -2.53. The van der Waals surface area contributed by atoms with Crippen molar-refractivity contribution in [1.29, 1.82) is 0 Å². The molecule has 3 fully saturated rings. The van der Waals surface area contributed by atoms with Crippen molar-refractivity contribution in [3.05, 3.63) is 22.4 Å². The predicted octanol–water partition coefficient (Wildman–Crippen LogP) is 1.03. The SMILES string of the molecule is CN1CCN(C(=O)[C@H]2C[C@@H]3CN(Cc4cccs4)C[C@@H]3N2C)CC1. The lowest BCUT2D eigenvalue weighted by molar-refractivity contribution is -0.137. The number of carbonyl (C=O) groups is 1. The van der Waals surface area contributed by atoms with Crippen molar-refractivity contribution in [2.75, 3.05) is 53.4 Å². The number of likely N-dealkylation sites (tertiary alicyclic amines) is 2. The first-order valence-corrected chi connectivity index (χ1v) is 9.94. The fraction of sp³-hybridized carbons (Fsp3) is 0.722. The Morgan fingerprint density at radius 1 is 1.21 bits per heavy atom. The Morgan fingerprint density at radius 3 is 2.67 bits per heavy atom. The molecule has 132 valence electrons. The summed E-state index contributed by atoms with van der Waals surface area (Å²) in [5, 5.41) is 2.16. The second-order valence-corrected chi connectivity index (χ2v) is 8.68. The molecule has 0 spiro atoms. The summed E-state index contributed by atoms with van der Waals surface area (Å²) >= 11 is 1.84. The molecule has 0 bridgehead atoms. The van der Waals surface area contributed by atoms with E-state index in [1.807, 2.05) is 11.3 Å². The number of nitrogens with zero attached hydrogens (tertiary/aromatic N) is 4. The molecule has 4 rings (SSSR count). The second kappa shape index (κ2) is 6.75. The van der Waals surface area contributed by atoms with Gasteiger partial charge in [0.05, 0.1) is 6.04 Å². The van der Waals surface area contributed by atoms with Crippen LogP contribution in [0.15, 0.2) is 17.5 Å². The van der Waals surface area contributed by atoms with Crippen LogP contribution in [0.1, 0.15) is 11.3 Å². The first-order valence-electron chi connectivity index (χ1n) is 9.06. The van der Waals surface area contributed by atoms with Crippen molar-refractivity contribution in [3.63, 3.8) is 0 Å². The van der Waals surface area contributed by atoms with Crippen LogP contribution in [0.5, 0.6) is 0 Å². The Bertz CT molecular complexity index is 570. The van der Waals surface area contributed by atoms with Crippen LogP contribution in [0.4, 0.5) is 0 Å². The fourth-order valence-electron chi connectivity index (χ4n) is 4.58. The van der Waals surface area contributed by atoms with Gasteiger partial charge in [0, 0.05) is 56.7 Å². The van der Waals surface area contributed by atoms with Gasteiger partial charge in [-0.3, -0.25) is 14.6 Å². The van der Waals surface area contributed by atoms with Crippen LogP contribution in [0, 0.1) is 5.92 Å². The molecule has 0 saturated carbocycles. The summed E-state index contributed by atoms with van der Waals surface area (Å²) in [5.74, 6) is 1.01. The highest BCUT2D eigenvalue weighted by molar-refractivity contribution is 7.09. The Morgan fingerprint density at radius 2 is 2.00 bits per heavy atom. The molecule has 0 unspecified atom stereocenters. The molecule has 4 heterocycles. The zero-order valence-electron chi connectivity index (χ0n) is 14.7. The molecule has 3 aliphatic rings. The first-order chi connectivity index (χ1) is 11.6. The summed E-state index contributed by atoms with van der Waals surface area (Å²) in [6, 6.07) is 5.01. The summed E-state index contributed by atoms with van der Waals surface area (Å²) in [7, 11) is 4.30. The molecule has 0 N–H and O–H groups in total. The third kappa shape index (κ3) is 3.12. The highest BCUT2D eigenvalue weighted by atomic mass is 32.1. The number of piperazine rings is 1. The second-order valence-electron chi connectivity index (χ2n) is 7.65. The van der Waals surface area contributed by atoms with Gasteiger partial charge in [0.1, 0.15) is 0 Å². The van der Waals surface area contributed by atoms with E-state index in [2.05, 4.69) is 51.2 Å². The third-order valence-corrected chi connectivity index (χ3v) is 6.94. The molecule has 0 aromatic carbocycles. The molecule has 1 aromatic rings. The topological polar surface area (TPSA) is 30.0 Å². The van der Waals surface area contributed by atoms with E-state index in [-0.39, 0.29) is 6.04 Å². The van der Waals surface area contributed by atoms with E-state index in [1.54, 1.807) is 0 Å². The predicted molar refractivity (Wildman–Crippen MR) is 97.1 cm³/mol. The van der Waals surface area contributed by atoms with Crippen molar-refractivity contribution in [2.45, 2.75) is 25.0 Å². The molecule has 24 heavy (non-hydrogen) atoms. The van der Waals surface area contributed by atoms with Crippen LogP contribution in [0.2, 0.25) is 0 Å². The smallest absolute Gasteiger partial charge is 0.240 e. The minimum Gasteiger partial charge on any atom is -0.339 e. The molecule has 3 aliphatic heterocycles. The van der Waals surface area contributed by atoms with Gasteiger partial charge in [-0.2, -0.15) is 0 Å². The summed E-state index contributed by atoms with van der Waals surface area (Å²) in [6.07, 6.45) is 1.03. The highest BCUT2D eigenvalue weighted by Gasteiger charge is 2.47. The Balaban J connectivity index is 1.34. The molecular formula is C18H28N4OS. The van der Waals surface area contributed by atoms with Crippen LogP contribution in [0.25, 0.3) is 0 Å². The van der Waals surface area contributed by atoms with E-state index >= 15 is 0 Å². The molecule has 6 heteroatoms. The van der Waals surface area contributed by atoms with E-state index in [1.165, 1.54) is 4.88 Å². The number of rotatable bonds is 3. The monoisotopic (exact) mass is 348 g/mol. The van der Waals surface area contributed by atoms with Gasteiger partial charge in [-0.05, 0) is 37.9 Å². The summed E-state index contributed by atoms with van der Waals surface area (Å²) in [6.45, 7) is 7.09. The standard InChI is InChI=1S/C18H28N4OS/c1-19-5-7-22(8-6-19)18(23)16-10-14-11-21(13-17(14)20(16)2)12-15-4-3-9-24-15/h3-4,9,14,16-17H,5-8,10-13H2,1-2H3/t14-,16-,17+/m1/s1. The lowest BCUT2D eigenvalue weighted by Gasteiger charge is -2.36. The maximum Gasteiger partial charge on any atom is 0.240 e. The summed E-state index contributed by atoms with van der Waals surface area (Å²) in [4.78, 5) is 23.7. The maximum atomic E-state index is 12.9. The van der Waals surface area contributed by atoms with Gasteiger partial charge in [-0.15, -0.1) is 11.3 Å². The lowest BCUT2D eigenvalue weighted by atomic mass is 10.0. The quantitative estimate of drug-likeness (QED) is 0.816. The highest BCUT2D eigenvalue weighted by Crippen LogP contribution is 2.36. The average Bonchev–Trinajstić information content (AvgIpc) is 3.27. The van der Waals surface area contributed by atoms with Crippen LogP contribution >= 0.6 is 11.3 Å². The third-order valence-electron chi connectivity index (χ3n) is 6.08. The Labute approximate surface area is 148 Å². The van der Waals surface area contributed by atoms with E-state index < -0.39 is 0 Å². The Kier molecular flexibility index (Phi) is 4.64. The molecule has 0 radical (unpaired) electrons. The van der Waals surface area contributed by atoms with E-state index in [9.17, 15) is 4.79 Å². The van der Waals surface area contributed by atoms with Gasteiger partial charge >= 0.3 is 0 Å². The van der Waals surface area contributed by atoms with Crippen molar-refractivity contribution < 1.29 is 4.79 Å². The first kappa shape index (κ1) is 16.5. The normalized spacial score (nSPS) is 32.4. The number of hydrogen-bond donors (Lipinski definition) is 0. The van der Waals surface area contributed by atoms with E-state index in [4.69, 9.17) is 0 Å². The van der Waals surface area contributed by atoms with Crippen LogP contribution in [-0.2, 0) is 11.3 Å². The molecule has 1 amide bonds. The van der Waals surface area contributed by atoms with Crippen LogP contribution in [0.3, 0.4) is 0 Å². The van der Waals surface area contributed by atoms with Crippen LogP contribution < -0.4 is 0 Å². The number of thiophene rings is 1. The van der Waals surface area contributed by atoms with Gasteiger partial charge in [0.25, 0.3) is 0 Å². The average molecular weight is 349 g/mol. The summed E-state index contributed by atoms with van der Waals surface area (Å²) in [5.41, 5.74) is 0. The maximum absolute atomic E-state index is 12.9. The van der Waals surface area contributed by atoms with Crippen molar-refractivity contribution in [1.82, 2.24) is 19.6 Å². The number of hydrogen-bond acceptors (Lipinski definition) is 5. The minimum atomic E-state index is 0.104. The molecule has 5 nitrogen and oxygen atoms in total. The number of amides is 1. The number of fused-ring (bicyclic) bond motifs is 1. The zero-order chi connectivity index (χ0) is 16.7. The molecule has 1 aromatic heterocycles. The summed E-state index contributed by atoms with van der Waals surface area (Å²) < 4.78 is 0. The van der Waals surface area contributed by atoms with E-state index in [0.717, 1.165) is 52.2 Å². The number of carbonyl (C=O) groups excluding carboxylic acids is 1. The molecular weight excluding hydrogens is 320 g/mol. The molecule has 0 aliphatic carbocycles. The van der Waals surface area contributed by atoms with Crippen molar-refractivity contribution >= 4 is 17.2 Å². The Hall–Kier alpha value is -0.950. The van der Waals surface area contributed by atoms with Gasteiger partial charge in [-0.25, -0.2) is 0 Å². The van der Waals surface area contributed by atoms with Crippen molar-refractivity contribution in [3.8, 4) is 0 Å². The van der Waals surface area contributed by atoms with Gasteiger partial charge in [-0.1, -0.05) is 6.07 Å². The molecule has 3 atom stereocenters. The van der Waals surface area contributed by atoms with E-state index in [0.29, 0.717) is 17.9 Å². The van der Waals surface area contributed by atoms with Crippen LogP contribution in [-0.4, -0.2) is 91.0 Å².